The van der Waals surface area contributed by atoms with Gasteiger partial charge in [-0.3, -0.25) is 0 Å². The number of hydrogen-bond donors (Lipinski definition) is 1. The van der Waals surface area contributed by atoms with Crippen molar-refractivity contribution in [2.45, 2.75) is 64.4 Å². The van der Waals surface area contributed by atoms with Crippen molar-refractivity contribution < 1.29 is 4.74 Å². The maximum atomic E-state index is 5.59. The van der Waals surface area contributed by atoms with Gasteiger partial charge in [0.2, 0.25) is 0 Å². The number of nitrogens with one attached hydrogen (secondary N) is 1. The van der Waals surface area contributed by atoms with E-state index in [4.69, 9.17) is 4.74 Å². The lowest BCUT2D eigenvalue weighted by Gasteiger charge is -2.41. The van der Waals surface area contributed by atoms with Gasteiger partial charge in [0.05, 0.1) is 6.10 Å². The molecule has 3 heteroatoms. The van der Waals surface area contributed by atoms with Gasteiger partial charge in [-0.2, -0.15) is 0 Å². The molecule has 2 aliphatic rings. The molecule has 1 saturated carbocycles. The topological polar surface area (TPSA) is 24.5 Å². The van der Waals surface area contributed by atoms with Crippen molar-refractivity contribution in [1.29, 1.82) is 0 Å². The summed E-state index contributed by atoms with van der Waals surface area (Å²) in [4.78, 5) is 2.68. The number of likely N-dealkylation sites (tertiary alicyclic amines) is 1. The van der Waals surface area contributed by atoms with Gasteiger partial charge in [-0.15, -0.1) is 0 Å². The van der Waals surface area contributed by atoms with Crippen molar-refractivity contribution in [3.8, 4) is 0 Å². The zero-order valence-electron chi connectivity index (χ0n) is 13.6. The maximum absolute atomic E-state index is 5.59. The molecule has 1 unspecified atom stereocenters. The van der Waals surface area contributed by atoms with E-state index < -0.39 is 0 Å². The molecular formula is C17H34N2O. The minimum absolute atomic E-state index is 0.464. The van der Waals surface area contributed by atoms with E-state index in [1.165, 1.54) is 71.0 Å². The van der Waals surface area contributed by atoms with Crippen LogP contribution in [0.4, 0.5) is 0 Å². The van der Waals surface area contributed by atoms with Crippen LogP contribution in [0, 0.1) is 5.41 Å². The molecule has 1 N–H and O–H groups in total. The molecule has 0 amide bonds. The molecule has 0 spiro atoms. The molecule has 1 aliphatic heterocycles. The molecular weight excluding hydrogens is 248 g/mol. The smallest absolute Gasteiger partial charge is 0.0698 e. The van der Waals surface area contributed by atoms with E-state index in [1.54, 1.807) is 0 Å². The van der Waals surface area contributed by atoms with Crippen molar-refractivity contribution in [2.75, 3.05) is 39.8 Å². The Morgan fingerprint density at radius 1 is 1.15 bits per heavy atom. The van der Waals surface area contributed by atoms with Gasteiger partial charge >= 0.3 is 0 Å². The van der Waals surface area contributed by atoms with Crippen LogP contribution in [0.15, 0.2) is 0 Å². The Bertz CT molecular complexity index is 262. The average Bonchev–Trinajstić information content (AvgIpc) is 2.71. The highest BCUT2D eigenvalue weighted by molar-refractivity contribution is 4.88. The van der Waals surface area contributed by atoms with Gasteiger partial charge in [0.15, 0.2) is 0 Å². The predicted octanol–water partition coefficient (Wildman–Crippen LogP) is 3.05. The van der Waals surface area contributed by atoms with Gasteiger partial charge in [0, 0.05) is 26.7 Å². The maximum Gasteiger partial charge on any atom is 0.0698 e. The fraction of sp³-hybridized carbons (Fsp3) is 1.00. The molecule has 0 bridgehead atoms. The molecule has 1 heterocycles. The van der Waals surface area contributed by atoms with E-state index in [2.05, 4.69) is 17.1 Å². The van der Waals surface area contributed by atoms with Crippen molar-refractivity contribution in [2.24, 2.45) is 5.41 Å². The normalized spacial score (nSPS) is 28.2. The lowest BCUT2D eigenvalue weighted by molar-refractivity contribution is 0.0110. The minimum Gasteiger partial charge on any atom is -0.380 e. The summed E-state index contributed by atoms with van der Waals surface area (Å²) in [5, 5.41) is 3.64. The molecule has 0 aromatic rings. The average molecular weight is 282 g/mol. The number of ether oxygens (including phenoxy) is 1. The Kier molecular flexibility index (Phi) is 6.79. The zero-order valence-corrected chi connectivity index (χ0v) is 13.6. The first-order chi connectivity index (χ1) is 9.78. The van der Waals surface area contributed by atoms with Crippen molar-refractivity contribution in [3.63, 3.8) is 0 Å². The molecule has 1 atom stereocenters. The Hall–Kier alpha value is -0.120. The van der Waals surface area contributed by atoms with Gasteiger partial charge in [0.1, 0.15) is 0 Å². The van der Waals surface area contributed by atoms with E-state index in [-0.39, 0.29) is 0 Å². The third kappa shape index (κ3) is 4.71. The highest BCUT2D eigenvalue weighted by Gasteiger charge is 2.34. The highest BCUT2D eigenvalue weighted by atomic mass is 16.5. The van der Waals surface area contributed by atoms with E-state index in [9.17, 15) is 0 Å². The van der Waals surface area contributed by atoms with Crippen LogP contribution in [0.5, 0.6) is 0 Å². The number of hydrogen-bond acceptors (Lipinski definition) is 3. The minimum atomic E-state index is 0.464. The predicted molar refractivity (Wildman–Crippen MR) is 85.1 cm³/mol. The monoisotopic (exact) mass is 282 g/mol. The van der Waals surface area contributed by atoms with Crippen LogP contribution in [-0.4, -0.2) is 50.8 Å². The molecule has 1 aliphatic carbocycles. The summed E-state index contributed by atoms with van der Waals surface area (Å²) in [6.07, 6.45) is 11.6. The molecule has 0 aromatic carbocycles. The van der Waals surface area contributed by atoms with Crippen LogP contribution in [0.2, 0.25) is 0 Å². The molecule has 0 radical (unpaired) electrons. The fourth-order valence-electron chi connectivity index (χ4n) is 4.08. The van der Waals surface area contributed by atoms with Crippen LogP contribution < -0.4 is 5.32 Å². The summed E-state index contributed by atoms with van der Waals surface area (Å²) in [6.45, 7) is 8.23. The number of nitrogens with zero attached hydrogens (tertiary/aromatic N) is 1. The third-order valence-corrected chi connectivity index (χ3v) is 5.27. The standard InChI is InChI=1S/C17H34N2O/c1-3-18-14-17(10-6-4-5-7-11-17)15-19-12-8-9-16(13-19)20-2/h16,18H,3-15H2,1-2H3. The Balaban J connectivity index is 1.94. The van der Waals surface area contributed by atoms with E-state index >= 15 is 0 Å². The third-order valence-electron chi connectivity index (χ3n) is 5.27. The molecule has 118 valence electrons. The summed E-state index contributed by atoms with van der Waals surface area (Å²) in [5.74, 6) is 0. The number of rotatable bonds is 6. The lowest BCUT2D eigenvalue weighted by Crippen LogP contribution is -2.48. The first-order valence-electron chi connectivity index (χ1n) is 8.74. The number of piperidine rings is 1. The Morgan fingerprint density at radius 3 is 2.55 bits per heavy atom. The largest absolute Gasteiger partial charge is 0.380 e. The number of methoxy groups -OCH3 is 1. The SMILES string of the molecule is CCNCC1(CN2CCCC(OC)C2)CCCCCC1. The van der Waals surface area contributed by atoms with Crippen LogP contribution >= 0.6 is 0 Å². The van der Waals surface area contributed by atoms with E-state index in [0.29, 0.717) is 11.5 Å². The first kappa shape index (κ1) is 16.3. The second kappa shape index (κ2) is 8.35. The van der Waals surface area contributed by atoms with Crippen LogP contribution in [-0.2, 0) is 4.74 Å². The quantitative estimate of drug-likeness (QED) is 0.758. The Morgan fingerprint density at radius 2 is 1.90 bits per heavy atom. The van der Waals surface area contributed by atoms with Crippen molar-refractivity contribution in [3.05, 3.63) is 0 Å². The summed E-state index contributed by atoms with van der Waals surface area (Å²) >= 11 is 0. The summed E-state index contributed by atoms with van der Waals surface area (Å²) in [6, 6.07) is 0. The fourth-order valence-corrected chi connectivity index (χ4v) is 4.08. The molecule has 0 aromatic heterocycles. The van der Waals surface area contributed by atoms with Crippen LogP contribution in [0.1, 0.15) is 58.3 Å². The molecule has 3 nitrogen and oxygen atoms in total. The first-order valence-corrected chi connectivity index (χ1v) is 8.74. The zero-order chi connectivity index (χ0) is 14.3. The van der Waals surface area contributed by atoms with Crippen molar-refractivity contribution >= 4 is 0 Å². The lowest BCUT2D eigenvalue weighted by atomic mass is 9.79. The second-order valence-corrected chi connectivity index (χ2v) is 6.93. The van der Waals surface area contributed by atoms with Gasteiger partial charge in [0.25, 0.3) is 0 Å². The molecule has 20 heavy (non-hydrogen) atoms. The van der Waals surface area contributed by atoms with Crippen molar-refractivity contribution in [1.82, 2.24) is 10.2 Å². The molecule has 1 saturated heterocycles. The Labute approximate surface area is 125 Å². The summed E-state index contributed by atoms with van der Waals surface area (Å²) in [5.41, 5.74) is 0.516. The van der Waals surface area contributed by atoms with E-state index in [1.807, 2.05) is 7.11 Å². The summed E-state index contributed by atoms with van der Waals surface area (Å²) in [7, 11) is 1.87. The van der Waals surface area contributed by atoms with Crippen LogP contribution in [0.3, 0.4) is 0 Å². The summed E-state index contributed by atoms with van der Waals surface area (Å²) < 4.78 is 5.59. The van der Waals surface area contributed by atoms with Gasteiger partial charge in [-0.1, -0.05) is 32.6 Å². The van der Waals surface area contributed by atoms with Gasteiger partial charge < -0.3 is 15.0 Å². The second-order valence-electron chi connectivity index (χ2n) is 6.93. The van der Waals surface area contributed by atoms with Crippen LogP contribution in [0.25, 0.3) is 0 Å². The van der Waals surface area contributed by atoms with Gasteiger partial charge in [-0.25, -0.2) is 0 Å². The van der Waals surface area contributed by atoms with E-state index in [0.717, 1.165) is 13.1 Å². The molecule has 2 fully saturated rings. The molecule has 2 rings (SSSR count). The van der Waals surface area contributed by atoms with Gasteiger partial charge in [-0.05, 0) is 44.2 Å². The highest BCUT2D eigenvalue weighted by Crippen LogP contribution is 2.36.